The summed E-state index contributed by atoms with van der Waals surface area (Å²) in [5, 5.41) is 0.330. The molecule has 3 nitrogen and oxygen atoms in total. The zero-order valence-corrected chi connectivity index (χ0v) is 8.66. The minimum atomic E-state index is -0.421. The Balaban J connectivity index is 2.65. The fraction of sp³-hybridized carbons (Fsp3) is 0.100. The monoisotopic (exact) mass is 223 g/mol. The average Bonchev–Trinajstić information content (AvgIpc) is 2.23. The van der Waals surface area contributed by atoms with Gasteiger partial charge in [-0.15, -0.1) is 0 Å². The van der Waals surface area contributed by atoms with Gasteiger partial charge >= 0.3 is 0 Å². The molecule has 0 amide bonds. The maximum Gasteiger partial charge on any atom is 0.150 e. The third-order valence-electron chi connectivity index (χ3n) is 2.05. The molecule has 0 aliphatic carbocycles. The van der Waals surface area contributed by atoms with Gasteiger partial charge in [0.2, 0.25) is 0 Å². The molecule has 0 aromatic carbocycles. The molecule has 5 heteroatoms. The van der Waals surface area contributed by atoms with Gasteiger partial charge in [0.05, 0.1) is 11.9 Å². The second-order valence-electron chi connectivity index (χ2n) is 2.99. The van der Waals surface area contributed by atoms with Gasteiger partial charge < -0.3 is 0 Å². The SMILES string of the molecule is Cc1c(Cl)ncnc1-c1ccncc1F. The fourth-order valence-electron chi connectivity index (χ4n) is 1.27. The van der Waals surface area contributed by atoms with E-state index in [1.54, 1.807) is 13.0 Å². The molecular formula is C10H7ClFN3. The lowest BCUT2D eigenvalue weighted by Gasteiger charge is -2.05. The van der Waals surface area contributed by atoms with E-state index in [4.69, 9.17) is 11.6 Å². The van der Waals surface area contributed by atoms with Crippen LogP contribution in [0.5, 0.6) is 0 Å². The molecule has 2 heterocycles. The van der Waals surface area contributed by atoms with Gasteiger partial charge in [0, 0.05) is 17.3 Å². The molecule has 0 atom stereocenters. The van der Waals surface area contributed by atoms with E-state index < -0.39 is 5.82 Å². The summed E-state index contributed by atoms with van der Waals surface area (Å²) in [5.41, 5.74) is 1.53. The number of pyridine rings is 1. The van der Waals surface area contributed by atoms with Crippen LogP contribution >= 0.6 is 11.6 Å². The zero-order chi connectivity index (χ0) is 10.8. The van der Waals surface area contributed by atoms with Crippen molar-refractivity contribution in [2.75, 3.05) is 0 Å². The Bertz CT molecular complexity index is 502. The summed E-state index contributed by atoms with van der Waals surface area (Å²) in [6.07, 6.45) is 3.96. The molecule has 2 rings (SSSR count). The van der Waals surface area contributed by atoms with E-state index in [0.717, 1.165) is 6.20 Å². The topological polar surface area (TPSA) is 38.7 Å². The molecule has 2 aromatic rings. The van der Waals surface area contributed by atoms with Crippen LogP contribution in [0.4, 0.5) is 4.39 Å². The van der Waals surface area contributed by atoms with Crippen molar-refractivity contribution in [2.24, 2.45) is 0 Å². The number of aromatic nitrogens is 3. The van der Waals surface area contributed by atoms with E-state index in [2.05, 4.69) is 15.0 Å². The molecule has 0 saturated heterocycles. The molecule has 0 fully saturated rings. The van der Waals surface area contributed by atoms with Gasteiger partial charge in [0.1, 0.15) is 11.5 Å². The quantitative estimate of drug-likeness (QED) is 0.698. The summed E-state index contributed by atoms with van der Waals surface area (Å²) in [6, 6.07) is 1.56. The Morgan fingerprint density at radius 1 is 1.33 bits per heavy atom. The first-order valence-electron chi connectivity index (χ1n) is 4.27. The maximum atomic E-state index is 13.4. The Morgan fingerprint density at radius 3 is 2.87 bits per heavy atom. The number of hydrogen-bond acceptors (Lipinski definition) is 3. The predicted molar refractivity (Wildman–Crippen MR) is 55.0 cm³/mol. The number of hydrogen-bond donors (Lipinski definition) is 0. The third-order valence-corrected chi connectivity index (χ3v) is 2.43. The van der Waals surface area contributed by atoms with Crippen molar-refractivity contribution in [2.45, 2.75) is 6.92 Å². The van der Waals surface area contributed by atoms with Gasteiger partial charge in [-0.25, -0.2) is 14.4 Å². The molecule has 0 aliphatic heterocycles. The first-order valence-corrected chi connectivity index (χ1v) is 4.65. The van der Waals surface area contributed by atoms with Crippen LogP contribution in [0.1, 0.15) is 5.56 Å². The first kappa shape index (κ1) is 9.98. The van der Waals surface area contributed by atoms with E-state index in [-0.39, 0.29) is 0 Å². The summed E-state index contributed by atoms with van der Waals surface area (Å²) in [7, 11) is 0. The van der Waals surface area contributed by atoms with Crippen LogP contribution in [-0.4, -0.2) is 15.0 Å². The molecule has 0 N–H and O–H groups in total. The van der Waals surface area contributed by atoms with Gasteiger partial charge in [-0.2, -0.15) is 0 Å². The summed E-state index contributed by atoms with van der Waals surface area (Å²) < 4.78 is 13.4. The van der Waals surface area contributed by atoms with Gasteiger partial charge in [-0.1, -0.05) is 11.6 Å². The normalized spacial score (nSPS) is 10.3. The van der Waals surface area contributed by atoms with Crippen molar-refractivity contribution in [1.29, 1.82) is 0 Å². The molecule has 0 spiro atoms. The van der Waals surface area contributed by atoms with Crippen LogP contribution < -0.4 is 0 Å². The molecule has 76 valence electrons. The highest BCUT2D eigenvalue weighted by Gasteiger charge is 2.11. The predicted octanol–water partition coefficient (Wildman–Crippen LogP) is 2.64. The molecule has 0 saturated carbocycles. The molecule has 2 aromatic heterocycles. The van der Waals surface area contributed by atoms with Crippen LogP contribution in [0.15, 0.2) is 24.8 Å². The minimum Gasteiger partial charge on any atom is -0.262 e. The molecule has 0 aliphatic rings. The van der Waals surface area contributed by atoms with Gasteiger partial charge in [0.15, 0.2) is 5.82 Å². The number of halogens is 2. The summed E-state index contributed by atoms with van der Waals surface area (Å²) in [5.74, 6) is -0.421. The second-order valence-corrected chi connectivity index (χ2v) is 3.35. The molecule has 15 heavy (non-hydrogen) atoms. The highest BCUT2D eigenvalue weighted by Crippen LogP contribution is 2.25. The average molecular weight is 224 g/mol. The molecule has 0 radical (unpaired) electrons. The van der Waals surface area contributed by atoms with Crippen LogP contribution in [0.25, 0.3) is 11.3 Å². The summed E-state index contributed by atoms with van der Waals surface area (Å²) in [6.45, 7) is 1.75. The Labute approximate surface area is 91.0 Å². The lowest BCUT2D eigenvalue weighted by Crippen LogP contribution is -1.94. The van der Waals surface area contributed by atoms with E-state index in [1.165, 1.54) is 12.5 Å². The molecular weight excluding hydrogens is 217 g/mol. The van der Waals surface area contributed by atoms with Crippen molar-refractivity contribution in [1.82, 2.24) is 15.0 Å². The summed E-state index contributed by atoms with van der Waals surface area (Å²) >= 11 is 5.83. The van der Waals surface area contributed by atoms with Crippen LogP contribution in [0, 0.1) is 12.7 Å². The van der Waals surface area contributed by atoms with E-state index in [0.29, 0.717) is 22.0 Å². The van der Waals surface area contributed by atoms with E-state index in [1.807, 2.05) is 0 Å². The first-order chi connectivity index (χ1) is 7.20. The number of nitrogens with zero attached hydrogens (tertiary/aromatic N) is 3. The van der Waals surface area contributed by atoms with Gasteiger partial charge in [-0.3, -0.25) is 4.98 Å². The van der Waals surface area contributed by atoms with Crippen LogP contribution in [0.3, 0.4) is 0 Å². The molecule has 0 bridgehead atoms. The van der Waals surface area contributed by atoms with Crippen molar-refractivity contribution >= 4 is 11.6 Å². The Hall–Kier alpha value is -1.55. The van der Waals surface area contributed by atoms with Crippen molar-refractivity contribution in [3.05, 3.63) is 41.3 Å². The third kappa shape index (κ3) is 1.80. The van der Waals surface area contributed by atoms with Gasteiger partial charge in [-0.05, 0) is 13.0 Å². The smallest absolute Gasteiger partial charge is 0.150 e. The maximum absolute atomic E-state index is 13.4. The van der Waals surface area contributed by atoms with Crippen LogP contribution in [0.2, 0.25) is 5.15 Å². The van der Waals surface area contributed by atoms with Crippen molar-refractivity contribution < 1.29 is 4.39 Å². The lowest BCUT2D eigenvalue weighted by atomic mass is 10.1. The van der Waals surface area contributed by atoms with Gasteiger partial charge in [0.25, 0.3) is 0 Å². The van der Waals surface area contributed by atoms with Crippen LogP contribution in [-0.2, 0) is 0 Å². The summed E-state index contributed by atoms with van der Waals surface area (Å²) in [4.78, 5) is 11.5. The standard InChI is InChI=1S/C10H7ClFN3/c1-6-9(14-5-15-10(6)11)7-2-3-13-4-8(7)12/h2-5H,1H3. The largest absolute Gasteiger partial charge is 0.262 e. The second kappa shape index (κ2) is 3.90. The lowest BCUT2D eigenvalue weighted by molar-refractivity contribution is 0.624. The zero-order valence-electron chi connectivity index (χ0n) is 7.91. The molecule has 0 unspecified atom stereocenters. The Morgan fingerprint density at radius 2 is 2.13 bits per heavy atom. The van der Waals surface area contributed by atoms with E-state index >= 15 is 0 Å². The Kier molecular flexibility index (Phi) is 2.60. The van der Waals surface area contributed by atoms with Crippen molar-refractivity contribution in [3.63, 3.8) is 0 Å². The van der Waals surface area contributed by atoms with E-state index in [9.17, 15) is 4.39 Å². The highest BCUT2D eigenvalue weighted by atomic mass is 35.5. The van der Waals surface area contributed by atoms with Crippen molar-refractivity contribution in [3.8, 4) is 11.3 Å². The fourth-order valence-corrected chi connectivity index (χ4v) is 1.40. The minimum absolute atomic E-state index is 0.330. The highest BCUT2D eigenvalue weighted by molar-refractivity contribution is 6.30. The number of rotatable bonds is 1.